The zero-order chi connectivity index (χ0) is 13.8. The Hall–Kier alpha value is -0.820. The molecule has 0 saturated heterocycles. The maximum absolute atomic E-state index is 6.26. The van der Waals surface area contributed by atoms with Gasteiger partial charge in [-0.05, 0) is 29.0 Å². The average molecular weight is 349 g/mol. The Bertz CT molecular complexity index is 541. The smallest absolute Gasteiger partial charge is 0.174 e. The van der Waals surface area contributed by atoms with Crippen LogP contribution in [0.3, 0.4) is 0 Å². The third kappa shape index (κ3) is 3.02. The lowest BCUT2D eigenvalue weighted by atomic mass is 10.1. The number of ether oxygens (including phenoxy) is 1. The van der Waals surface area contributed by atoms with Gasteiger partial charge in [0.2, 0.25) is 0 Å². The summed E-state index contributed by atoms with van der Waals surface area (Å²) < 4.78 is 12.9. The molecule has 5 nitrogen and oxygen atoms in total. The van der Waals surface area contributed by atoms with Crippen molar-refractivity contribution >= 4 is 27.5 Å². The second-order valence-electron chi connectivity index (χ2n) is 3.97. The lowest BCUT2D eigenvalue weighted by Crippen LogP contribution is -2.22. The Morgan fingerprint density at radius 2 is 2.42 bits per heavy atom. The van der Waals surface area contributed by atoms with E-state index in [2.05, 4.69) is 26.3 Å². The highest BCUT2D eigenvalue weighted by molar-refractivity contribution is 9.10. The Kier molecular flexibility index (Phi) is 5.04. The number of furan rings is 1. The maximum atomic E-state index is 6.26. The van der Waals surface area contributed by atoms with Crippen molar-refractivity contribution in [3.63, 3.8) is 0 Å². The van der Waals surface area contributed by atoms with Crippen molar-refractivity contribution in [2.24, 2.45) is 0 Å². The van der Waals surface area contributed by atoms with Crippen molar-refractivity contribution in [3.8, 4) is 0 Å². The molecule has 19 heavy (non-hydrogen) atoms. The van der Waals surface area contributed by atoms with E-state index >= 15 is 0 Å². The lowest BCUT2D eigenvalue weighted by molar-refractivity contribution is 0.182. The molecule has 1 N–H and O–H groups in total. The molecule has 1 atom stereocenters. The van der Waals surface area contributed by atoms with Crippen LogP contribution < -0.4 is 5.32 Å². The zero-order valence-corrected chi connectivity index (χ0v) is 13.0. The highest BCUT2D eigenvalue weighted by atomic mass is 79.9. The van der Waals surface area contributed by atoms with Crippen LogP contribution in [0, 0.1) is 0 Å². The molecule has 0 amide bonds. The molecule has 0 aliphatic carbocycles. The van der Waals surface area contributed by atoms with Gasteiger partial charge in [0.05, 0.1) is 42.4 Å². The first-order chi connectivity index (χ1) is 9.19. The molecule has 0 aliphatic rings. The molecule has 0 aromatic carbocycles. The van der Waals surface area contributed by atoms with E-state index in [0.29, 0.717) is 22.8 Å². The van der Waals surface area contributed by atoms with Crippen molar-refractivity contribution in [3.05, 3.63) is 39.5 Å². The van der Waals surface area contributed by atoms with E-state index < -0.39 is 0 Å². The summed E-state index contributed by atoms with van der Waals surface area (Å²) in [5, 5.41) is 8.12. The van der Waals surface area contributed by atoms with E-state index in [1.807, 2.05) is 17.8 Å². The van der Waals surface area contributed by atoms with Crippen LogP contribution in [-0.2, 0) is 11.3 Å². The summed E-state index contributed by atoms with van der Waals surface area (Å²) >= 11 is 9.65. The molecule has 0 saturated carbocycles. The number of hydrogen-bond acceptors (Lipinski definition) is 4. The molecule has 0 bridgehead atoms. The van der Waals surface area contributed by atoms with Gasteiger partial charge in [0.1, 0.15) is 0 Å². The first-order valence-corrected chi connectivity index (χ1v) is 6.96. The van der Waals surface area contributed by atoms with Gasteiger partial charge >= 0.3 is 0 Å². The zero-order valence-electron chi connectivity index (χ0n) is 10.7. The van der Waals surface area contributed by atoms with Crippen molar-refractivity contribution < 1.29 is 9.15 Å². The van der Waals surface area contributed by atoms with Gasteiger partial charge in [-0.2, -0.15) is 5.10 Å². The molecular formula is C12H15BrClN3O2. The second-order valence-corrected chi connectivity index (χ2v) is 5.09. The fourth-order valence-electron chi connectivity index (χ4n) is 1.96. The van der Waals surface area contributed by atoms with Crippen LogP contribution in [0.15, 0.2) is 27.6 Å². The first-order valence-electron chi connectivity index (χ1n) is 5.79. The van der Waals surface area contributed by atoms with E-state index in [0.717, 1.165) is 11.3 Å². The molecule has 1 unspecified atom stereocenters. The summed E-state index contributed by atoms with van der Waals surface area (Å²) in [4.78, 5) is 0. The molecular weight excluding hydrogens is 334 g/mol. The standard InChI is InChI=1S/C12H15BrClN3O2/c1-15-10(8-3-5-19-12(8)13)11-9(14)7-16-17(11)4-6-18-2/h3,5,7,10,15H,4,6H2,1-2H3. The predicted molar refractivity (Wildman–Crippen MR) is 76.4 cm³/mol. The quantitative estimate of drug-likeness (QED) is 0.872. The fraction of sp³-hybridized carbons (Fsp3) is 0.417. The maximum Gasteiger partial charge on any atom is 0.174 e. The average Bonchev–Trinajstić information content (AvgIpc) is 2.97. The summed E-state index contributed by atoms with van der Waals surface area (Å²) in [6.45, 7) is 1.22. The summed E-state index contributed by atoms with van der Waals surface area (Å²) in [5.41, 5.74) is 1.87. The normalized spacial score (nSPS) is 12.8. The topological polar surface area (TPSA) is 52.2 Å². The third-order valence-electron chi connectivity index (χ3n) is 2.86. The highest BCUT2D eigenvalue weighted by Crippen LogP contribution is 2.32. The number of hydrogen-bond donors (Lipinski definition) is 1. The van der Waals surface area contributed by atoms with Crippen molar-refractivity contribution in [2.45, 2.75) is 12.6 Å². The van der Waals surface area contributed by atoms with Gasteiger partial charge in [-0.3, -0.25) is 4.68 Å². The second kappa shape index (κ2) is 6.56. The van der Waals surface area contributed by atoms with Crippen molar-refractivity contribution in [1.82, 2.24) is 15.1 Å². The van der Waals surface area contributed by atoms with Gasteiger partial charge in [-0.15, -0.1) is 0 Å². The summed E-state index contributed by atoms with van der Waals surface area (Å²) in [5.74, 6) is 0. The molecule has 0 radical (unpaired) electrons. The van der Waals surface area contributed by atoms with Gasteiger partial charge in [-0.25, -0.2) is 0 Å². The lowest BCUT2D eigenvalue weighted by Gasteiger charge is -2.18. The van der Waals surface area contributed by atoms with Crippen LogP contribution >= 0.6 is 27.5 Å². The molecule has 2 aromatic heterocycles. The van der Waals surface area contributed by atoms with E-state index in [4.69, 9.17) is 20.8 Å². The Labute approximate surface area is 125 Å². The fourth-order valence-corrected chi connectivity index (χ4v) is 2.68. The minimum absolute atomic E-state index is 0.0972. The monoisotopic (exact) mass is 347 g/mol. The summed E-state index contributed by atoms with van der Waals surface area (Å²) in [6, 6.07) is 1.80. The number of aromatic nitrogens is 2. The number of methoxy groups -OCH3 is 1. The number of nitrogens with one attached hydrogen (secondary N) is 1. The molecule has 104 valence electrons. The minimum atomic E-state index is -0.0972. The van der Waals surface area contributed by atoms with Gasteiger partial charge in [0.25, 0.3) is 0 Å². The van der Waals surface area contributed by atoms with E-state index in [1.54, 1.807) is 19.6 Å². The summed E-state index contributed by atoms with van der Waals surface area (Å²) in [7, 11) is 3.53. The third-order valence-corrected chi connectivity index (χ3v) is 3.80. The summed E-state index contributed by atoms with van der Waals surface area (Å²) in [6.07, 6.45) is 3.28. The van der Waals surface area contributed by atoms with Crippen LogP contribution in [0.1, 0.15) is 17.3 Å². The van der Waals surface area contributed by atoms with Crippen molar-refractivity contribution in [1.29, 1.82) is 0 Å². The SMILES string of the molecule is CNC(c1ccoc1Br)c1c(Cl)cnn1CCOC. The Balaban J connectivity index is 2.38. The van der Waals surface area contributed by atoms with Gasteiger partial charge < -0.3 is 14.5 Å². The minimum Gasteiger partial charge on any atom is -0.457 e. The molecule has 0 aliphatic heterocycles. The van der Waals surface area contributed by atoms with Gasteiger partial charge in [0, 0.05) is 12.7 Å². The Morgan fingerprint density at radius 1 is 1.63 bits per heavy atom. The largest absolute Gasteiger partial charge is 0.457 e. The Morgan fingerprint density at radius 3 is 3.00 bits per heavy atom. The van der Waals surface area contributed by atoms with Crippen molar-refractivity contribution in [2.75, 3.05) is 20.8 Å². The van der Waals surface area contributed by atoms with Gasteiger partial charge in [-0.1, -0.05) is 11.6 Å². The van der Waals surface area contributed by atoms with Crippen LogP contribution in [0.4, 0.5) is 0 Å². The number of rotatable bonds is 6. The highest BCUT2D eigenvalue weighted by Gasteiger charge is 2.23. The molecule has 2 rings (SSSR count). The molecule has 0 fully saturated rings. The molecule has 7 heteroatoms. The van der Waals surface area contributed by atoms with Crippen LogP contribution in [0.5, 0.6) is 0 Å². The molecule has 2 aromatic rings. The number of nitrogens with zero attached hydrogens (tertiary/aromatic N) is 2. The van der Waals surface area contributed by atoms with Gasteiger partial charge in [0.15, 0.2) is 4.67 Å². The first kappa shape index (κ1) is 14.6. The molecule has 2 heterocycles. The number of halogens is 2. The molecule has 0 spiro atoms. The van der Waals surface area contributed by atoms with E-state index in [-0.39, 0.29) is 6.04 Å². The van der Waals surface area contributed by atoms with Crippen LogP contribution in [0.2, 0.25) is 5.02 Å². The van der Waals surface area contributed by atoms with Crippen LogP contribution in [0.25, 0.3) is 0 Å². The van der Waals surface area contributed by atoms with E-state index in [1.165, 1.54) is 0 Å². The predicted octanol–water partition coefficient (Wildman–Crippen LogP) is 2.85. The van der Waals surface area contributed by atoms with Crippen LogP contribution in [-0.4, -0.2) is 30.5 Å². The van der Waals surface area contributed by atoms with E-state index in [9.17, 15) is 0 Å².